The molecule has 3 heteroatoms. The Kier molecular flexibility index (Phi) is 3.27. The van der Waals surface area contributed by atoms with Gasteiger partial charge in [0.05, 0.1) is 6.42 Å². The fraction of sp³-hybridized carbons (Fsp3) is 0.429. The lowest BCUT2D eigenvalue weighted by molar-refractivity contribution is -0.136. The fourth-order valence-electron chi connectivity index (χ4n) is 2.39. The second-order valence-corrected chi connectivity index (χ2v) is 4.67. The highest BCUT2D eigenvalue weighted by molar-refractivity contribution is 5.99. The first kappa shape index (κ1) is 11.8. The third kappa shape index (κ3) is 2.54. The van der Waals surface area contributed by atoms with Crippen molar-refractivity contribution >= 4 is 11.8 Å². The molecule has 1 aliphatic carbocycles. The van der Waals surface area contributed by atoms with Crippen molar-refractivity contribution in [2.45, 2.75) is 32.6 Å². The summed E-state index contributed by atoms with van der Waals surface area (Å²) in [7, 11) is 0. The number of ketones is 1. The van der Waals surface area contributed by atoms with Crippen LogP contribution in [-0.2, 0) is 17.6 Å². The van der Waals surface area contributed by atoms with Crippen LogP contribution in [0, 0.1) is 5.92 Å². The monoisotopic (exact) mass is 232 g/mol. The Bertz CT molecular complexity index is 463. The summed E-state index contributed by atoms with van der Waals surface area (Å²) >= 11 is 0. The lowest BCUT2D eigenvalue weighted by Crippen LogP contribution is -2.20. The van der Waals surface area contributed by atoms with Crippen LogP contribution in [0.1, 0.15) is 41.3 Å². The van der Waals surface area contributed by atoms with E-state index in [9.17, 15) is 9.59 Å². The molecular weight excluding hydrogens is 216 g/mol. The molecule has 3 nitrogen and oxygen atoms in total. The molecule has 1 unspecified atom stereocenters. The number of carbonyl (C=O) groups excluding carboxylic acids is 1. The van der Waals surface area contributed by atoms with Gasteiger partial charge in [-0.2, -0.15) is 0 Å². The van der Waals surface area contributed by atoms with E-state index < -0.39 is 5.97 Å². The molecule has 0 spiro atoms. The van der Waals surface area contributed by atoms with Gasteiger partial charge < -0.3 is 5.11 Å². The van der Waals surface area contributed by atoms with Crippen molar-refractivity contribution in [1.29, 1.82) is 0 Å². The maximum Gasteiger partial charge on any atom is 0.307 e. The predicted molar refractivity (Wildman–Crippen MR) is 64.2 cm³/mol. The molecule has 1 aromatic rings. The van der Waals surface area contributed by atoms with E-state index in [0.717, 1.165) is 24.0 Å². The van der Waals surface area contributed by atoms with E-state index in [2.05, 4.69) is 6.92 Å². The second-order valence-electron chi connectivity index (χ2n) is 4.67. The number of aliphatic carboxylic acids is 1. The molecule has 1 aromatic carbocycles. The summed E-state index contributed by atoms with van der Waals surface area (Å²) in [6.07, 6.45) is 2.53. The van der Waals surface area contributed by atoms with Gasteiger partial charge in [0.2, 0.25) is 0 Å². The topological polar surface area (TPSA) is 54.4 Å². The lowest BCUT2D eigenvalue weighted by atomic mass is 9.81. The average molecular weight is 232 g/mol. The first-order valence-corrected chi connectivity index (χ1v) is 5.97. The number of benzene rings is 1. The highest BCUT2D eigenvalue weighted by Crippen LogP contribution is 2.28. The maximum atomic E-state index is 11.9. The van der Waals surface area contributed by atoms with Crippen LogP contribution in [0.3, 0.4) is 0 Å². The lowest BCUT2D eigenvalue weighted by Gasteiger charge is -2.22. The molecule has 1 atom stereocenters. The van der Waals surface area contributed by atoms with Crippen LogP contribution in [0.5, 0.6) is 0 Å². The van der Waals surface area contributed by atoms with Gasteiger partial charge in [-0.1, -0.05) is 25.5 Å². The quantitative estimate of drug-likeness (QED) is 0.871. The SMILES string of the molecule is CCC1CC(=O)c2cc(CC(=O)O)ccc2C1. The summed E-state index contributed by atoms with van der Waals surface area (Å²) < 4.78 is 0. The molecule has 0 aromatic heterocycles. The predicted octanol–water partition coefficient (Wildman–Crippen LogP) is 2.47. The number of Topliss-reactive ketones (excluding diaryl/α,β-unsaturated/α-hetero) is 1. The van der Waals surface area contributed by atoms with E-state index in [-0.39, 0.29) is 12.2 Å². The summed E-state index contributed by atoms with van der Waals surface area (Å²) in [6.45, 7) is 2.10. The highest BCUT2D eigenvalue weighted by atomic mass is 16.4. The van der Waals surface area contributed by atoms with Crippen molar-refractivity contribution in [2.75, 3.05) is 0 Å². The molecule has 0 amide bonds. The van der Waals surface area contributed by atoms with Gasteiger partial charge in [-0.05, 0) is 29.5 Å². The summed E-state index contributed by atoms with van der Waals surface area (Å²) in [5.74, 6) is -0.259. The van der Waals surface area contributed by atoms with Gasteiger partial charge in [-0.15, -0.1) is 0 Å². The van der Waals surface area contributed by atoms with Crippen molar-refractivity contribution in [2.24, 2.45) is 5.92 Å². The zero-order chi connectivity index (χ0) is 12.4. The Balaban J connectivity index is 2.30. The Morgan fingerprint density at radius 2 is 2.18 bits per heavy atom. The number of carbonyl (C=O) groups is 2. The number of hydrogen-bond donors (Lipinski definition) is 1. The van der Waals surface area contributed by atoms with Crippen molar-refractivity contribution in [3.8, 4) is 0 Å². The minimum Gasteiger partial charge on any atom is -0.481 e. The molecule has 0 radical (unpaired) electrons. The van der Waals surface area contributed by atoms with E-state index >= 15 is 0 Å². The third-order valence-corrected chi connectivity index (χ3v) is 3.39. The molecule has 2 rings (SSSR count). The minimum atomic E-state index is -0.861. The van der Waals surface area contributed by atoms with E-state index in [1.165, 1.54) is 0 Å². The van der Waals surface area contributed by atoms with Gasteiger partial charge in [-0.3, -0.25) is 9.59 Å². The van der Waals surface area contributed by atoms with Crippen molar-refractivity contribution in [1.82, 2.24) is 0 Å². The fourth-order valence-corrected chi connectivity index (χ4v) is 2.39. The second kappa shape index (κ2) is 4.70. The van der Waals surface area contributed by atoms with Crippen molar-refractivity contribution in [3.05, 3.63) is 34.9 Å². The molecule has 1 aliphatic rings. The number of hydrogen-bond acceptors (Lipinski definition) is 2. The first-order valence-electron chi connectivity index (χ1n) is 5.97. The van der Waals surface area contributed by atoms with Gasteiger partial charge in [0.1, 0.15) is 0 Å². The maximum absolute atomic E-state index is 11.9. The molecule has 0 saturated heterocycles. The normalized spacial score (nSPS) is 18.9. The Morgan fingerprint density at radius 1 is 1.41 bits per heavy atom. The van der Waals surface area contributed by atoms with E-state index in [1.54, 1.807) is 6.07 Å². The van der Waals surface area contributed by atoms with E-state index in [1.807, 2.05) is 12.1 Å². The molecule has 1 N–H and O–H groups in total. The van der Waals surface area contributed by atoms with Crippen molar-refractivity contribution in [3.63, 3.8) is 0 Å². The van der Waals surface area contributed by atoms with Crippen LogP contribution in [0.4, 0.5) is 0 Å². The number of rotatable bonds is 3. The van der Waals surface area contributed by atoms with Crippen LogP contribution >= 0.6 is 0 Å². The highest BCUT2D eigenvalue weighted by Gasteiger charge is 2.24. The summed E-state index contributed by atoms with van der Waals surface area (Å²) in [4.78, 5) is 22.6. The largest absolute Gasteiger partial charge is 0.481 e. The molecular formula is C14H16O3. The zero-order valence-corrected chi connectivity index (χ0v) is 9.90. The van der Waals surface area contributed by atoms with Gasteiger partial charge >= 0.3 is 5.97 Å². The molecule has 0 fully saturated rings. The third-order valence-electron chi connectivity index (χ3n) is 3.39. The summed E-state index contributed by atoms with van der Waals surface area (Å²) in [5.41, 5.74) is 2.51. The smallest absolute Gasteiger partial charge is 0.307 e. The molecule has 17 heavy (non-hydrogen) atoms. The molecule has 0 saturated carbocycles. The van der Waals surface area contributed by atoms with Crippen LogP contribution in [-0.4, -0.2) is 16.9 Å². The zero-order valence-electron chi connectivity index (χ0n) is 9.90. The molecule has 0 bridgehead atoms. The number of carboxylic acid groups (broad SMARTS) is 1. The average Bonchev–Trinajstić information content (AvgIpc) is 2.29. The van der Waals surface area contributed by atoms with Gasteiger partial charge in [0.25, 0.3) is 0 Å². The van der Waals surface area contributed by atoms with Crippen LogP contribution in [0.15, 0.2) is 18.2 Å². The van der Waals surface area contributed by atoms with Crippen LogP contribution in [0.2, 0.25) is 0 Å². The number of fused-ring (bicyclic) bond motifs is 1. The standard InChI is InChI=1S/C14H16O3/c1-2-9-5-11-4-3-10(8-14(16)17)6-12(11)13(15)7-9/h3-4,6,9H,2,5,7-8H2,1H3,(H,16,17). The van der Waals surface area contributed by atoms with Gasteiger partial charge in [0, 0.05) is 12.0 Å². The summed E-state index contributed by atoms with van der Waals surface area (Å²) in [6, 6.07) is 5.48. The summed E-state index contributed by atoms with van der Waals surface area (Å²) in [5, 5.41) is 8.73. The molecule has 0 aliphatic heterocycles. The number of carboxylic acids is 1. The Labute approximate surface area is 100 Å². The Morgan fingerprint density at radius 3 is 2.82 bits per heavy atom. The van der Waals surface area contributed by atoms with Gasteiger partial charge in [-0.25, -0.2) is 0 Å². The minimum absolute atomic E-state index is 0.0161. The first-order chi connectivity index (χ1) is 8.10. The molecule has 90 valence electrons. The van der Waals surface area contributed by atoms with Gasteiger partial charge in [0.15, 0.2) is 5.78 Å². The van der Waals surface area contributed by atoms with E-state index in [0.29, 0.717) is 17.9 Å². The van der Waals surface area contributed by atoms with Crippen molar-refractivity contribution < 1.29 is 14.7 Å². The van der Waals surface area contributed by atoms with Crippen LogP contribution in [0.25, 0.3) is 0 Å². The van der Waals surface area contributed by atoms with E-state index in [4.69, 9.17) is 5.11 Å². The molecule has 0 heterocycles. The van der Waals surface area contributed by atoms with Crippen LogP contribution < -0.4 is 0 Å². The Hall–Kier alpha value is -1.64.